The van der Waals surface area contributed by atoms with Gasteiger partial charge in [-0.1, -0.05) is 13.8 Å². The number of nitriles is 1. The molecule has 0 radical (unpaired) electrons. The van der Waals surface area contributed by atoms with Gasteiger partial charge in [0.1, 0.15) is 17.6 Å². The molecule has 0 N–H and O–H groups in total. The minimum absolute atomic E-state index is 0.405. The zero-order valence-corrected chi connectivity index (χ0v) is 7.99. The normalized spacial score (nSPS) is 16.2. The summed E-state index contributed by atoms with van der Waals surface area (Å²) in [6.45, 7) is 4.23. The van der Waals surface area contributed by atoms with E-state index in [0.717, 1.165) is 5.82 Å². The Morgan fingerprint density at radius 1 is 1.62 bits per heavy atom. The first-order valence-electron chi connectivity index (χ1n) is 4.71. The molecule has 13 heavy (non-hydrogen) atoms. The summed E-state index contributed by atoms with van der Waals surface area (Å²) < 4.78 is 2.10. The predicted molar refractivity (Wildman–Crippen MR) is 49.3 cm³/mol. The highest BCUT2D eigenvalue weighted by atomic mass is 15.1. The summed E-state index contributed by atoms with van der Waals surface area (Å²) in [5.74, 6) is 1.46. The Morgan fingerprint density at radius 3 is 2.77 bits per heavy atom. The molecule has 1 saturated carbocycles. The van der Waals surface area contributed by atoms with E-state index in [1.54, 1.807) is 6.20 Å². The maximum Gasteiger partial charge on any atom is 0.140 e. The van der Waals surface area contributed by atoms with E-state index >= 15 is 0 Å². The molecule has 0 saturated heterocycles. The van der Waals surface area contributed by atoms with Crippen LogP contribution in [0.1, 0.15) is 50.2 Å². The molecule has 0 aromatic carbocycles. The first kappa shape index (κ1) is 8.31. The molecule has 1 aromatic heterocycles. The minimum atomic E-state index is 0.405. The third-order valence-electron chi connectivity index (χ3n) is 2.37. The zero-order chi connectivity index (χ0) is 9.42. The van der Waals surface area contributed by atoms with Crippen LogP contribution in [0.5, 0.6) is 0 Å². The monoisotopic (exact) mass is 175 g/mol. The first-order chi connectivity index (χ1) is 6.24. The van der Waals surface area contributed by atoms with Gasteiger partial charge in [-0.2, -0.15) is 5.26 Å². The van der Waals surface area contributed by atoms with Crippen molar-refractivity contribution in [3.8, 4) is 6.07 Å². The van der Waals surface area contributed by atoms with Crippen molar-refractivity contribution in [2.75, 3.05) is 0 Å². The first-order valence-corrected chi connectivity index (χ1v) is 4.71. The van der Waals surface area contributed by atoms with Crippen molar-refractivity contribution < 1.29 is 0 Å². The van der Waals surface area contributed by atoms with Crippen LogP contribution in [0.3, 0.4) is 0 Å². The molecule has 0 amide bonds. The Labute approximate surface area is 78.0 Å². The highest BCUT2D eigenvalue weighted by Crippen LogP contribution is 2.38. The molecule has 3 heteroatoms. The summed E-state index contributed by atoms with van der Waals surface area (Å²) >= 11 is 0. The van der Waals surface area contributed by atoms with Gasteiger partial charge in [0.05, 0.1) is 6.20 Å². The molecular weight excluding hydrogens is 162 g/mol. The number of nitrogens with zero attached hydrogens (tertiary/aromatic N) is 3. The quantitative estimate of drug-likeness (QED) is 0.691. The van der Waals surface area contributed by atoms with Gasteiger partial charge in [-0.25, -0.2) is 4.98 Å². The molecule has 0 bridgehead atoms. The topological polar surface area (TPSA) is 41.6 Å². The fourth-order valence-corrected chi connectivity index (χ4v) is 1.60. The number of imidazole rings is 1. The van der Waals surface area contributed by atoms with E-state index in [2.05, 4.69) is 29.5 Å². The van der Waals surface area contributed by atoms with E-state index in [1.165, 1.54) is 12.8 Å². The average Bonchev–Trinajstić information content (AvgIpc) is 2.84. The van der Waals surface area contributed by atoms with E-state index in [-0.39, 0.29) is 0 Å². The second-order valence-electron chi connectivity index (χ2n) is 3.87. The van der Waals surface area contributed by atoms with Crippen molar-refractivity contribution in [2.24, 2.45) is 0 Å². The fraction of sp³-hybridized carbons (Fsp3) is 0.600. The Hall–Kier alpha value is -1.30. The van der Waals surface area contributed by atoms with Gasteiger partial charge in [-0.3, -0.25) is 0 Å². The molecule has 0 spiro atoms. The number of rotatable bonds is 2. The SMILES string of the molecule is CC(C)c1ncc(C#N)n1C1CC1. The smallest absolute Gasteiger partial charge is 0.140 e. The van der Waals surface area contributed by atoms with E-state index < -0.39 is 0 Å². The van der Waals surface area contributed by atoms with Gasteiger partial charge in [0.25, 0.3) is 0 Å². The van der Waals surface area contributed by atoms with Gasteiger partial charge < -0.3 is 4.57 Å². The Bertz CT molecular complexity index is 353. The van der Waals surface area contributed by atoms with Gasteiger partial charge in [-0.15, -0.1) is 0 Å². The van der Waals surface area contributed by atoms with Crippen molar-refractivity contribution in [1.29, 1.82) is 5.26 Å². The van der Waals surface area contributed by atoms with E-state index in [0.29, 0.717) is 17.7 Å². The Balaban J connectivity index is 2.46. The molecular formula is C10H13N3. The molecule has 0 atom stereocenters. The summed E-state index contributed by atoms with van der Waals surface area (Å²) in [4.78, 5) is 4.29. The average molecular weight is 175 g/mol. The third-order valence-corrected chi connectivity index (χ3v) is 2.37. The number of hydrogen-bond acceptors (Lipinski definition) is 2. The summed E-state index contributed by atoms with van der Waals surface area (Å²) in [7, 11) is 0. The summed E-state index contributed by atoms with van der Waals surface area (Å²) in [5.41, 5.74) is 0.714. The molecule has 1 heterocycles. The van der Waals surface area contributed by atoms with Gasteiger partial charge in [0.2, 0.25) is 0 Å². The molecule has 1 fully saturated rings. The fourth-order valence-electron chi connectivity index (χ4n) is 1.60. The highest BCUT2D eigenvalue weighted by molar-refractivity contribution is 5.23. The van der Waals surface area contributed by atoms with Crippen LogP contribution < -0.4 is 0 Å². The van der Waals surface area contributed by atoms with Gasteiger partial charge in [-0.05, 0) is 12.8 Å². The lowest BCUT2D eigenvalue weighted by Gasteiger charge is -2.09. The minimum Gasteiger partial charge on any atom is -0.317 e. The van der Waals surface area contributed by atoms with Crippen LogP contribution in [0, 0.1) is 11.3 Å². The second-order valence-corrected chi connectivity index (χ2v) is 3.87. The molecule has 1 aromatic rings. The van der Waals surface area contributed by atoms with Gasteiger partial charge >= 0.3 is 0 Å². The summed E-state index contributed by atoms with van der Waals surface area (Å²) in [6.07, 6.45) is 4.09. The van der Waals surface area contributed by atoms with Gasteiger partial charge in [0.15, 0.2) is 0 Å². The van der Waals surface area contributed by atoms with Crippen LogP contribution in [-0.2, 0) is 0 Å². The van der Waals surface area contributed by atoms with Crippen molar-refractivity contribution >= 4 is 0 Å². The van der Waals surface area contributed by atoms with Crippen molar-refractivity contribution in [2.45, 2.75) is 38.6 Å². The lowest BCUT2D eigenvalue weighted by atomic mass is 10.2. The van der Waals surface area contributed by atoms with E-state index in [9.17, 15) is 0 Å². The van der Waals surface area contributed by atoms with Crippen LogP contribution in [0.2, 0.25) is 0 Å². The second kappa shape index (κ2) is 2.88. The third kappa shape index (κ3) is 1.33. The highest BCUT2D eigenvalue weighted by Gasteiger charge is 2.28. The standard InChI is InChI=1S/C10H13N3/c1-7(2)10-12-6-9(5-11)13(10)8-3-4-8/h6-8H,3-4H2,1-2H3. The Kier molecular flexibility index (Phi) is 1.84. The molecule has 68 valence electrons. The van der Waals surface area contributed by atoms with Crippen LogP contribution in [0.15, 0.2) is 6.20 Å². The largest absolute Gasteiger partial charge is 0.317 e. The van der Waals surface area contributed by atoms with Crippen molar-refractivity contribution in [3.05, 3.63) is 17.7 Å². The van der Waals surface area contributed by atoms with Gasteiger partial charge in [0, 0.05) is 12.0 Å². The van der Waals surface area contributed by atoms with Crippen LogP contribution in [-0.4, -0.2) is 9.55 Å². The van der Waals surface area contributed by atoms with Crippen LogP contribution in [0.4, 0.5) is 0 Å². The molecule has 2 rings (SSSR count). The van der Waals surface area contributed by atoms with E-state index in [1.807, 2.05) is 0 Å². The number of hydrogen-bond donors (Lipinski definition) is 0. The number of aromatic nitrogens is 2. The predicted octanol–water partition coefficient (Wildman–Crippen LogP) is 2.21. The molecule has 3 nitrogen and oxygen atoms in total. The Morgan fingerprint density at radius 2 is 2.31 bits per heavy atom. The molecule has 0 unspecified atom stereocenters. The molecule has 1 aliphatic carbocycles. The van der Waals surface area contributed by atoms with Crippen LogP contribution in [0.25, 0.3) is 0 Å². The lowest BCUT2D eigenvalue weighted by molar-refractivity contribution is 0.634. The lowest BCUT2D eigenvalue weighted by Crippen LogP contribution is -2.05. The summed E-state index contributed by atoms with van der Waals surface area (Å²) in [6, 6.07) is 2.74. The maximum absolute atomic E-state index is 8.88. The van der Waals surface area contributed by atoms with Crippen molar-refractivity contribution in [3.63, 3.8) is 0 Å². The van der Waals surface area contributed by atoms with E-state index in [4.69, 9.17) is 5.26 Å². The van der Waals surface area contributed by atoms with Crippen molar-refractivity contribution in [1.82, 2.24) is 9.55 Å². The maximum atomic E-state index is 8.88. The molecule has 0 aliphatic heterocycles. The zero-order valence-electron chi connectivity index (χ0n) is 7.99. The molecule has 1 aliphatic rings. The summed E-state index contributed by atoms with van der Waals surface area (Å²) in [5, 5.41) is 8.88. The van der Waals surface area contributed by atoms with Crippen LogP contribution >= 0.6 is 0 Å².